The van der Waals surface area contributed by atoms with Gasteiger partial charge in [0.25, 0.3) is 0 Å². The Morgan fingerprint density at radius 3 is 3.00 bits per heavy atom. The Labute approximate surface area is 117 Å². The van der Waals surface area contributed by atoms with Crippen LogP contribution in [0.4, 0.5) is 5.69 Å². The van der Waals surface area contributed by atoms with Crippen LogP contribution in [0.3, 0.4) is 0 Å². The van der Waals surface area contributed by atoms with E-state index in [9.17, 15) is 4.79 Å². The number of amides is 1. The van der Waals surface area contributed by atoms with E-state index in [1.54, 1.807) is 0 Å². The lowest BCUT2D eigenvalue weighted by Gasteiger charge is -2.21. The molecule has 3 rings (SSSR count). The smallest absolute Gasteiger partial charge is 0.227 e. The van der Waals surface area contributed by atoms with E-state index in [0.29, 0.717) is 13.2 Å². The van der Waals surface area contributed by atoms with Gasteiger partial charge in [0.2, 0.25) is 5.91 Å². The lowest BCUT2D eigenvalue weighted by Crippen LogP contribution is -2.28. The molecule has 1 aliphatic heterocycles. The van der Waals surface area contributed by atoms with Gasteiger partial charge in [-0.1, -0.05) is 13.0 Å². The maximum Gasteiger partial charge on any atom is 0.227 e. The van der Waals surface area contributed by atoms with Crippen molar-refractivity contribution in [1.82, 2.24) is 9.61 Å². The maximum absolute atomic E-state index is 12.4. The average Bonchev–Trinajstić information content (AvgIpc) is 2.86. The number of nitrogens with zero attached hydrogens (tertiary/aromatic N) is 2. The summed E-state index contributed by atoms with van der Waals surface area (Å²) >= 11 is 0. The highest BCUT2D eigenvalue weighted by Gasteiger charge is 2.23. The lowest BCUT2D eigenvalue weighted by atomic mass is 9.99. The van der Waals surface area contributed by atoms with E-state index in [0.717, 1.165) is 36.2 Å². The van der Waals surface area contributed by atoms with Crippen LogP contribution in [0.15, 0.2) is 24.4 Å². The lowest BCUT2D eigenvalue weighted by molar-refractivity contribution is -0.122. The normalized spacial score (nSPS) is 16.4. The van der Waals surface area contributed by atoms with Gasteiger partial charge in [0.1, 0.15) is 0 Å². The van der Waals surface area contributed by atoms with E-state index in [1.165, 1.54) is 0 Å². The molecule has 2 aromatic rings. The molecule has 0 radical (unpaired) electrons. The molecule has 20 heavy (non-hydrogen) atoms. The zero-order valence-electron chi connectivity index (χ0n) is 11.6. The molecule has 0 aliphatic carbocycles. The second-order valence-electron chi connectivity index (χ2n) is 5.08. The van der Waals surface area contributed by atoms with Gasteiger partial charge in [-0.3, -0.25) is 4.79 Å². The van der Waals surface area contributed by atoms with Gasteiger partial charge in [-0.25, -0.2) is 4.52 Å². The molecule has 1 amide bonds. The van der Waals surface area contributed by atoms with Crippen LogP contribution in [0.25, 0.3) is 5.52 Å². The SMILES string of the molecule is CCc1nn2ccccc2c1NC(=O)C1CCOCC1. The van der Waals surface area contributed by atoms with E-state index < -0.39 is 0 Å². The molecule has 0 atom stereocenters. The highest BCUT2D eigenvalue weighted by molar-refractivity contribution is 5.97. The number of fused-ring (bicyclic) bond motifs is 1. The van der Waals surface area contributed by atoms with Gasteiger partial charge in [-0.15, -0.1) is 0 Å². The average molecular weight is 273 g/mol. The number of aryl methyl sites for hydroxylation is 1. The van der Waals surface area contributed by atoms with Crippen LogP contribution in [0.1, 0.15) is 25.5 Å². The number of anilines is 1. The second-order valence-corrected chi connectivity index (χ2v) is 5.08. The van der Waals surface area contributed by atoms with Gasteiger partial charge in [0, 0.05) is 25.3 Å². The number of hydrogen-bond acceptors (Lipinski definition) is 3. The van der Waals surface area contributed by atoms with E-state index >= 15 is 0 Å². The number of carbonyl (C=O) groups is 1. The van der Waals surface area contributed by atoms with Crippen molar-refractivity contribution in [1.29, 1.82) is 0 Å². The zero-order chi connectivity index (χ0) is 13.9. The number of aromatic nitrogens is 2. The number of rotatable bonds is 3. The molecule has 5 heteroatoms. The molecule has 2 aromatic heterocycles. The molecule has 106 valence electrons. The zero-order valence-corrected chi connectivity index (χ0v) is 11.6. The monoisotopic (exact) mass is 273 g/mol. The molecule has 5 nitrogen and oxygen atoms in total. The summed E-state index contributed by atoms with van der Waals surface area (Å²) in [6.45, 7) is 3.40. The molecule has 3 heterocycles. The molecule has 0 spiro atoms. The predicted molar refractivity (Wildman–Crippen MR) is 76.7 cm³/mol. The van der Waals surface area contributed by atoms with Crippen LogP contribution >= 0.6 is 0 Å². The summed E-state index contributed by atoms with van der Waals surface area (Å²) in [6, 6.07) is 5.87. The third kappa shape index (κ3) is 2.41. The maximum atomic E-state index is 12.4. The molecule has 0 saturated carbocycles. The van der Waals surface area contributed by atoms with Crippen molar-refractivity contribution in [2.45, 2.75) is 26.2 Å². The van der Waals surface area contributed by atoms with Crippen molar-refractivity contribution in [3.05, 3.63) is 30.1 Å². The van der Waals surface area contributed by atoms with Gasteiger partial charge in [-0.2, -0.15) is 5.10 Å². The van der Waals surface area contributed by atoms with Crippen molar-refractivity contribution >= 4 is 17.1 Å². The van der Waals surface area contributed by atoms with Gasteiger partial charge in [0.15, 0.2) is 0 Å². The number of hydrogen-bond donors (Lipinski definition) is 1. The summed E-state index contributed by atoms with van der Waals surface area (Å²) < 4.78 is 7.12. The third-order valence-corrected chi connectivity index (χ3v) is 3.79. The Bertz CT molecular complexity index is 615. The van der Waals surface area contributed by atoms with Crippen molar-refractivity contribution in [2.75, 3.05) is 18.5 Å². The topological polar surface area (TPSA) is 55.6 Å². The first kappa shape index (κ1) is 13.1. The molecule has 1 aliphatic rings. The van der Waals surface area contributed by atoms with Crippen LogP contribution in [0.2, 0.25) is 0 Å². The van der Waals surface area contributed by atoms with Crippen molar-refractivity contribution in [3.63, 3.8) is 0 Å². The molecule has 1 N–H and O–H groups in total. The number of nitrogens with one attached hydrogen (secondary N) is 1. The fraction of sp³-hybridized carbons (Fsp3) is 0.467. The molecular weight excluding hydrogens is 254 g/mol. The van der Waals surface area contributed by atoms with E-state index in [2.05, 4.69) is 10.4 Å². The Kier molecular flexibility index (Phi) is 3.69. The van der Waals surface area contributed by atoms with Gasteiger partial charge in [0.05, 0.1) is 16.9 Å². The number of pyridine rings is 1. The second kappa shape index (κ2) is 5.63. The predicted octanol–water partition coefficient (Wildman–Crippen LogP) is 2.26. The van der Waals surface area contributed by atoms with Gasteiger partial charge < -0.3 is 10.1 Å². The largest absolute Gasteiger partial charge is 0.381 e. The first-order valence-electron chi connectivity index (χ1n) is 7.14. The standard InChI is InChI=1S/C15H19N3O2/c1-2-12-14(13-5-3-4-8-18(13)17-12)16-15(19)11-6-9-20-10-7-11/h3-5,8,11H,2,6-7,9-10H2,1H3,(H,16,19). The van der Waals surface area contributed by atoms with Gasteiger partial charge in [-0.05, 0) is 31.4 Å². The van der Waals surface area contributed by atoms with Crippen LogP contribution in [-0.2, 0) is 16.0 Å². The first-order valence-corrected chi connectivity index (χ1v) is 7.14. The summed E-state index contributed by atoms with van der Waals surface area (Å²) in [7, 11) is 0. The molecule has 1 saturated heterocycles. The molecule has 1 fully saturated rings. The number of ether oxygens (including phenoxy) is 1. The fourth-order valence-corrected chi connectivity index (χ4v) is 2.62. The van der Waals surface area contributed by atoms with Crippen LogP contribution in [0.5, 0.6) is 0 Å². The molecule has 0 bridgehead atoms. The van der Waals surface area contributed by atoms with Gasteiger partial charge >= 0.3 is 0 Å². The van der Waals surface area contributed by atoms with E-state index in [1.807, 2.05) is 35.8 Å². The van der Waals surface area contributed by atoms with Crippen LogP contribution in [0, 0.1) is 5.92 Å². The third-order valence-electron chi connectivity index (χ3n) is 3.79. The summed E-state index contributed by atoms with van der Waals surface area (Å²) in [5.74, 6) is 0.133. The highest BCUT2D eigenvalue weighted by Crippen LogP contribution is 2.24. The minimum atomic E-state index is 0.0483. The quantitative estimate of drug-likeness (QED) is 0.933. The van der Waals surface area contributed by atoms with Crippen LogP contribution < -0.4 is 5.32 Å². The fourth-order valence-electron chi connectivity index (χ4n) is 2.62. The van der Waals surface area contributed by atoms with Crippen LogP contribution in [-0.4, -0.2) is 28.7 Å². The minimum absolute atomic E-state index is 0.0483. The molecule has 0 unspecified atom stereocenters. The molecule has 0 aromatic carbocycles. The van der Waals surface area contributed by atoms with Crippen molar-refractivity contribution in [2.24, 2.45) is 5.92 Å². The summed E-state index contributed by atoms with van der Waals surface area (Å²) in [6.07, 6.45) is 4.29. The summed E-state index contributed by atoms with van der Waals surface area (Å²) in [5, 5.41) is 7.58. The Morgan fingerprint density at radius 2 is 2.25 bits per heavy atom. The number of carbonyl (C=O) groups excluding carboxylic acids is 1. The Morgan fingerprint density at radius 1 is 1.45 bits per heavy atom. The van der Waals surface area contributed by atoms with Crippen molar-refractivity contribution < 1.29 is 9.53 Å². The highest BCUT2D eigenvalue weighted by atomic mass is 16.5. The minimum Gasteiger partial charge on any atom is -0.381 e. The summed E-state index contributed by atoms with van der Waals surface area (Å²) in [5.41, 5.74) is 2.73. The van der Waals surface area contributed by atoms with Crippen molar-refractivity contribution in [3.8, 4) is 0 Å². The van der Waals surface area contributed by atoms with E-state index in [4.69, 9.17) is 4.74 Å². The Hall–Kier alpha value is -1.88. The first-order chi connectivity index (χ1) is 9.79. The summed E-state index contributed by atoms with van der Waals surface area (Å²) in [4.78, 5) is 12.4. The Balaban J connectivity index is 1.87. The van der Waals surface area contributed by atoms with E-state index in [-0.39, 0.29) is 11.8 Å². The molecular formula is C15H19N3O2.